The Labute approximate surface area is 92.8 Å². The van der Waals surface area contributed by atoms with Gasteiger partial charge >= 0.3 is 0 Å². The minimum absolute atomic E-state index is 0.109. The number of nitrogens with one attached hydrogen (secondary N) is 1. The summed E-state index contributed by atoms with van der Waals surface area (Å²) in [6.07, 6.45) is 2.16. The maximum atomic E-state index is 9.21. The molecule has 0 bridgehead atoms. The molecule has 1 N–H and O–H groups in total. The molecule has 15 heavy (non-hydrogen) atoms. The quantitative estimate of drug-likeness (QED) is 0.769. The molecule has 1 aliphatic heterocycles. The van der Waals surface area contributed by atoms with Gasteiger partial charge < -0.3 is 10.1 Å². The average Bonchev–Trinajstić information content (AvgIpc) is 2.26. The number of ether oxygens (including phenoxy) is 1. The van der Waals surface area contributed by atoms with Crippen molar-refractivity contribution in [3.05, 3.63) is 0 Å². The van der Waals surface area contributed by atoms with Crippen LogP contribution < -0.4 is 5.32 Å². The van der Waals surface area contributed by atoms with Crippen LogP contribution in [-0.2, 0) is 4.74 Å². The molecule has 3 nitrogen and oxygen atoms in total. The highest BCUT2D eigenvalue weighted by Gasteiger charge is 2.31. The third-order valence-corrected chi connectivity index (χ3v) is 3.36. The van der Waals surface area contributed by atoms with Crippen molar-refractivity contribution < 1.29 is 4.74 Å². The monoisotopic (exact) mass is 210 g/mol. The van der Waals surface area contributed by atoms with Crippen LogP contribution >= 0.6 is 0 Å². The molecular formula is C12H22N2O. The van der Waals surface area contributed by atoms with E-state index in [0.29, 0.717) is 17.9 Å². The van der Waals surface area contributed by atoms with E-state index in [1.807, 2.05) is 7.05 Å². The predicted molar refractivity (Wildman–Crippen MR) is 60.3 cm³/mol. The highest BCUT2D eigenvalue weighted by molar-refractivity contribution is 4.96. The summed E-state index contributed by atoms with van der Waals surface area (Å²) < 4.78 is 5.36. The van der Waals surface area contributed by atoms with Gasteiger partial charge in [0.15, 0.2) is 0 Å². The standard InChI is InChI=1S/C12H22N2O/c1-9(2)11(8-13)12(14-3)10-4-6-15-7-5-10/h9-12,14H,4-7H2,1-3H3. The van der Waals surface area contributed by atoms with E-state index in [1.165, 1.54) is 0 Å². The summed E-state index contributed by atoms with van der Waals surface area (Å²) in [4.78, 5) is 0. The van der Waals surface area contributed by atoms with Crippen molar-refractivity contribution in [2.24, 2.45) is 17.8 Å². The molecule has 3 heteroatoms. The summed E-state index contributed by atoms with van der Waals surface area (Å²) in [5.74, 6) is 1.11. The second-order valence-electron chi connectivity index (χ2n) is 4.66. The van der Waals surface area contributed by atoms with Crippen molar-refractivity contribution in [1.29, 1.82) is 5.26 Å². The molecule has 2 atom stereocenters. The summed E-state index contributed by atoms with van der Waals surface area (Å²) in [5.41, 5.74) is 0. The smallest absolute Gasteiger partial charge is 0.0675 e. The normalized spacial score (nSPS) is 22.3. The first-order chi connectivity index (χ1) is 7.20. The molecule has 1 rings (SSSR count). The Morgan fingerprint density at radius 2 is 1.93 bits per heavy atom. The number of nitriles is 1. The van der Waals surface area contributed by atoms with Crippen molar-refractivity contribution in [1.82, 2.24) is 5.32 Å². The van der Waals surface area contributed by atoms with Crippen LogP contribution in [0.5, 0.6) is 0 Å². The van der Waals surface area contributed by atoms with Crippen molar-refractivity contribution >= 4 is 0 Å². The Hall–Kier alpha value is -0.590. The fourth-order valence-corrected chi connectivity index (χ4v) is 2.43. The summed E-state index contributed by atoms with van der Waals surface area (Å²) in [5, 5.41) is 12.5. The fraction of sp³-hybridized carbons (Fsp3) is 0.917. The average molecular weight is 210 g/mol. The summed E-state index contributed by atoms with van der Waals surface area (Å²) in [6, 6.07) is 2.76. The van der Waals surface area contributed by atoms with Gasteiger partial charge in [-0.15, -0.1) is 0 Å². The Bertz CT molecular complexity index is 216. The van der Waals surface area contributed by atoms with E-state index < -0.39 is 0 Å². The minimum Gasteiger partial charge on any atom is -0.381 e. The molecule has 1 saturated heterocycles. The van der Waals surface area contributed by atoms with Crippen LogP contribution in [0.2, 0.25) is 0 Å². The molecule has 2 unspecified atom stereocenters. The van der Waals surface area contributed by atoms with Crippen molar-refractivity contribution in [3.8, 4) is 6.07 Å². The Morgan fingerprint density at radius 1 is 1.33 bits per heavy atom. The van der Waals surface area contributed by atoms with Crippen LogP contribution in [0.3, 0.4) is 0 Å². The molecule has 0 aliphatic carbocycles. The van der Waals surface area contributed by atoms with Crippen LogP contribution in [0, 0.1) is 29.1 Å². The van der Waals surface area contributed by atoms with Gasteiger partial charge in [-0.1, -0.05) is 13.8 Å². The van der Waals surface area contributed by atoms with E-state index in [4.69, 9.17) is 4.74 Å². The molecule has 0 radical (unpaired) electrons. The molecule has 0 saturated carbocycles. The number of hydrogen-bond donors (Lipinski definition) is 1. The van der Waals surface area contributed by atoms with E-state index in [1.54, 1.807) is 0 Å². The topological polar surface area (TPSA) is 45.0 Å². The minimum atomic E-state index is 0.109. The highest BCUT2D eigenvalue weighted by Crippen LogP contribution is 2.27. The molecule has 0 aromatic carbocycles. The van der Waals surface area contributed by atoms with Crippen molar-refractivity contribution in [2.45, 2.75) is 32.7 Å². The second-order valence-corrected chi connectivity index (χ2v) is 4.66. The lowest BCUT2D eigenvalue weighted by molar-refractivity contribution is 0.0464. The predicted octanol–water partition coefficient (Wildman–Crippen LogP) is 1.80. The van der Waals surface area contributed by atoms with Gasteiger partial charge in [-0.3, -0.25) is 0 Å². The van der Waals surface area contributed by atoms with Gasteiger partial charge in [-0.05, 0) is 31.7 Å². The third kappa shape index (κ3) is 3.19. The Balaban J connectivity index is 2.63. The highest BCUT2D eigenvalue weighted by atomic mass is 16.5. The second kappa shape index (κ2) is 6.09. The lowest BCUT2D eigenvalue weighted by Crippen LogP contribution is -2.43. The largest absolute Gasteiger partial charge is 0.381 e. The van der Waals surface area contributed by atoms with E-state index in [-0.39, 0.29) is 5.92 Å². The van der Waals surface area contributed by atoms with Gasteiger partial charge in [0.1, 0.15) is 0 Å². The lowest BCUT2D eigenvalue weighted by Gasteiger charge is -2.34. The van der Waals surface area contributed by atoms with Gasteiger partial charge in [0.2, 0.25) is 0 Å². The molecule has 1 fully saturated rings. The molecule has 1 heterocycles. The zero-order valence-electron chi connectivity index (χ0n) is 9.99. The zero-order chi connectivity index (χ0) is 11.3. The SMILES string of the molecule is CNC(C1CCOCC1)C(C#N)C(C)C. The van der Waals surface area contributed by atoms with Gasteiger partial charge in [0, 0.05) is 19.3 Å². The molecule has 0 aromatic rings. The number of rotatable bonds is 4. The molecule has 1 aliphatic rings. The van der Waals surface area contributed by atoms with Gasteiger partial charge in [-0.25, -0.2) is 0 Å². The van der Waals surface area contributed by atoms with Gasteiger partial charge in [-0.2, -0.15) is 5.26 Å². The maximum Gasteiger partial charge on any atom is 0.0675 e. The number of hydrogen-bond acceptors (Lipinski definition) is 3. The Kier molecular flexibility index (Phi) is 5.07. The van der Waals surface area contributed by atoms with Crippen LogP contribution in [0.4, 0.5) is 0 Å². The molecule has 0 spiro atoms. The maximum absolute atomic E-state index is 9.21. The molecule has 0 amide bonds. The van der Waals surface area contributed by atoms with Crippen molar-refractivity contribution in [3.63, 3.8) is 0 Å². The summed E-state index contributed by atoms with van der Waals surface area (Å²) in [6.45, 7) is 5.94. The molecule has 86 valence electrons. The lowest BCUT2D eigenvalue weighted by atomic mass is 9.79. The van der Waals surface area contributed by atoms with Crippen LogP contribution in [0.1, 0.15) is 26.7 Å². The first-order valence-electron chi connectivity index (χ1n) is 5.85. The van der Waals surface area contributed by atoms with Gasteiger partial charge in [0.05, 0.1) is 12.0 Å². The fourth-order valence-electron chi connectivity index (χ4n) is 2.43. The van der Waals surface area contributed by atoms with Crippen LogP contribution in [0.25, 0.3) is 0 Å². The summed E-state index contributed by atoms with van der Waals surface area (Å²) in [7, 11) is 1.97. The van der Waals surface area contributed by atoms with E-state index in [0.717, 1.165) is 26.1 Å². The van der Waals surface area contributed by atoms with Gasteiger partial charge in [0.25, 0.3) is 0 Å². The molecule has 0 aromatic heterocycles. The zero-order valence-corrected chi connectivity index (χ0v) is 9.99. The van der Waals surface area contributed by atoms with E-state index >= 15 is 0 Å². The van der Waals surface area contributed by atoms with Crippen LogP contribution in [0.15, 0.2) is 0 Å². The summed E-state index contributed by atoms with van der Waals surface area (Å²) >= 11 is 0. The van der Waals surface area contributed by atoms with E-state index in [2.05, 4.69) is 25.2 Å². The molecular weight excluding hydrogens is 188 g/mol. The third-order valence-electron chi connectivity index (χ3n) is 3.36. The van der Waals surface area contributed by atoms with Crippen LogP contribution in [-0.4, -0.2) is 26.3 Å². The van der Waals surface area contributed by atoms with Crippen molar-refractivity contribution in [2.75, 3.05) is 20.3 Å². The van der Waals surface area contributed by atoms with E-state index in [9.17, 15) is 5.26 Å². The Morgan fingerprint density at radius 3 is 2.33 bits per heavy atom. The number of nitrogens with zero attached hydrogens (tertiary/aromatic N) is 1. The first kappa shape index (κ1) is 12.5. The first-order valence-corrected chi connectivity index (χ1v) is 5.85.